The second-order valence-corrected chi connectivity index (χ2v) is 12.4. The maximum absolute atomic E-state index is 13.6. The summed E-state index contributed by atoms with van der Waals surface area (Å²) in [7, 11) is 0. The van der Waals surface area contributed by atoms with Crippen molar-refractivity contribution in [1.82, 2.24) is 15.0 Å². The lowest BCUT2D eigenvalue weighted by molar-refractivity contribution is -0.135. The van der Waals surface area contributed by atoms with Crippen LogP contribution in [0.4, 0.5) is 0 Å². The first-order valence-corrected chi connectivity index (χ1v) is 13.0. The minimum atomic E-state index is -0.445. The maximum Gasteiger partial charge on any atom is 0.160 e. The van der Waals surface area contributed by atoms with Crippen LogP contribution in [-0.4, -0.2) is 31.5 Å². The molecule has 170 valence electrons. The summed E-state index contributed by atoms with van der Waals surface area (Å²) in [5, 5.41) is 19.1. The van der Waals surface area contributed by atoms with Gasteiger partial charge in [0.05, 0.1) is 18.0 Å². The molecular weight excluding hydrogens is 386 g/mol. The molecule has 5 aliphatic rings. The molecule has 5 nitrogen and oxygen atoms in total. The summed E-state index contributed by atoms with van der Waals surface area (Å²) >= 11 is 0. The number of hydrogen-bond acceptors (Lipinski definition) is 4. The zero-order valence-electron chi connectivity index (χ0n) is 19.2. The van der Waals surface area contributed by atoms with Crippen LogP contribution in [0.25, 0.3) is 0 Å². The lowest BCUT2D eigenvalue weighted by Gasteiger charge is -2.57. The Kier molecular flexibility index (Phi) is 4.69. The third-order valence-electron chi connectivity index (χ3n) is 10.9. The van der Waals surface area contributed by atoms with Gasteiger partial charge in [0.25, 0.3) is 0 Å². The summed E-state index contributed by atoms with van der Waals surface area (Å²) in [5.41, 5.74) is -0.284. The molecule has 0 aliphatic heterocycles. The quantitative estimate of drug-likeness (QED) is 0.774. The third-order valence-corrected chi connectivity index (χ3v) is 10.9. The van der Waals surface area contributed by atoms with E-state index in [4.69, 9.17) is 0 Å². The molecule has 1 aromatic rings. The van der Waals surface area contributed by atoms with E-state index in [2.05, 4.69) is 24.0 Å². The topological polar surface area (TPSA) is 68.0 Å². The fourth-order valence-electron chi connectivity index (χ4n) is 10.1. The summed E-state index contributed by atoms with van der Waals surface area (Å²) in [4.78, 5) is 15.2. The van der Waals surface area contributed by atoms with E-state index < -0.39 is 5.60 Å². The Morgan fingerprint density at radius 1 is 0.935 bits per heavy atom. The standard InChI is InChI=1S/C26H39N3O2/c1-25(31)10-8-17-16(14-25)6-7-21-18(17)9-11-26(2)23(21)19-4-3-5-20(19)24(26)22(30)15-29-27-12-13-28-29/h12-13,16-21,23-24,31H,3-11,14-15H2,1-2H3/t16?,17-,18+,19+,20-,21?,23?,24+,25+,26-/m0/s1. The Hall–Kier alpha value is -1.23. The van der Waals surface area contributed by atoms with Crippen LogP contribution in [0.5, 0.6) is 0 Å². The molecule has 5 saturated carbocycles. The molecule has 0 saturated heterocycles. The van der Waals surface area contributed by atoms with Crippen LogP contribution in [0.1, 0.15) is 78.1 Å². The molecule has 0 bridgehead atoms. The van der Waals surface area contributed by atoms with Gasteiger partial charge in [-0.2, -0.15) is 15.0 Å². The largest absolute Gasteiger partial charge is 0.390 e. The Morgan fingerprint density at radius 3 is 2.45 bits per heavy atom. The number of carbonyl (C=O) groups is 1. The molecule has 3 unspecified atom stereocenters. The zero-order chi connectivity index (χ0) is 21.4. The highest BCUT2D eigenvalue weighted by molar-refractivity contribution is 5.82. The number of fused-ring (bicyclic) bond motifs is 7. The number of Topliss-reactive ketones (excluding diaryl/α,β-unsaturated/α-hetero) is 1. The van der Waals surface area contributed by atoms with Crippen LogP contribution >= 0.6 is 0 Å². The maximum atomic E-state index is 13.6. The van der Waals surface area contributed by atoms with Gasteiger partial charge in [-0.15, -0.1) is 0 Å². The van der Waals surface area contributed by atoms with Crippen molar-refractivity contribution in [2.45, 2.75) is 90.2 Å². The van der Waals surface area contributed by atoms with Gasteiger partial charge >= 0.3 is 0 Å². The van der Waals surface area contributed by atoms with Crippen LogP contribution in [-0.2, 0) is 11.3 Å². The van der Waals surface area contributed by atoms with Crippen molar-refractivity contribution in [3.8, 4) is 0 Å². The van der Waals surface area contributed by atoms with Crippen LogP contribution in [0, 0.1) is 52.8 Å². The van der Waals surface area contributed by atoms with E-state index in [1.807, 2.05) is 0 Å². The second-order valence-electron chi connectivity index (χ2n) is 12.4. The SMILES string of the molecule is C[C@@]1(O)CC[C@H]2C(CCC3C4[C@@H]5CCC[C@@H]5[C@H](C(=O)Cn5nccn5)[C@@]4(C)CC[C@@H]32)C1. The molecule has 0 spiro atoms. The zero-order valence-corrected chi connectivity index (χ0v) is 19.2. The molecule has 1 aromatic heterocycles. The molecule has 5 aliphatic carbocycles. The molecule has 5 fully saturated rings. The van der Waals surface area contributed by atoms with Gasteiger partial charge in [0.1, 0.15) is 6.54 Å². The van der Waals surface area contributed by atoms with Gasteiger partial charge in [0.15, 0.2) is 5.78 Å². The fourth-order valence-corrected chi connectivity index (χ4v) is 10.1. The molecule has 0 amide bonds. The minimum Gasteiger partial charge on any atom is -0.390 e. The monoisotopic (exact) mass is 425 g/mol. The number of aliphatic hydroxyl groups is 1. The highest BCUT2D eigenvalue weighted by Crippen LogP contribution is 2.70. The Labute approximate surface area is 186 Å². The highest BCUT2D eigenvalue weighted by Gasteiger charge is 2.65. The summed E-state index contributed by atoms with van der Waals surface area (Å²) in [6.07, 6.45) is 15.6. The van der Waals surface area contributed by atoms with Crippen molar-refractivity contribution >= 4 is 5.78 Å². The van der Waals surface area contributed by atoms with Gasteiger partial charge in [-0.05, 0) is 112 Å². The van der Waals surface area contributed by atoms with E-state index >= 15 is 0 Å². The molecule has 6 rings (SSSR count). The number of aromatic nitrogens is 3. The first-order valence-electron chi connectivity index (χ1n) is 13.0. The number of carbonyl (C=O) groups excluding carboxylic acids is 1. The first kappa shape index (κ1) is 20.4. The van der Waals surface area contributed by atoms with Crippen molar-refractivity contribution in [2.75, 3.05) is 0 Å². The van der Waals surface area contributed by atoms with E-state index in [1.54, 1.807) is 17.2 Å². The van der Waals surface area contributed by atoms with Gasteiger partial charge < -0.3 is 5.11 Å². The predicted molar refractivity (Wildman–Crippen MR) is 118 cm³/mol. The van der Waals surface area contributed by atoms with Crippen molar-refractivity contribution in [1.29, 1.82) is 0 Å². The molecule has 1 heterocycles. The predicted octanol–water partition coefficient (Wildman–Crippen LogP) is 4.50. The average Bonchev–Trinajstić information content (AvgIpc) is 3.43. The van der Waals surface area contributed by atoms with E-state index in [1.165, 1.54) is 51.4 Å². The third kappa shape index (κ3) is 3.08. The van der Waals surface area contributed by atoms with Gasteiger partial charge in [-0.3, -0.25) is 4.79 Å². The van der Waals surface area contributed by atoms with Gasteiger partial charge in [-0.1, -0.05) is 13.3 Å². The number of rotatable bonds is 3. The Balaban J connectivity index is 1.29. The van der Waals surface area contributed by atoms with Crippen LogP contribution in [0.15, 0.2) is 12.4 Å². The molecule has 0 radical (unpaired) electrons. The normalized spacial score (nSPS) is 50.9. The van der Waals surface area contributed by atoms with Crippen LogP contribution in [0.2, 0.25) is 0 Å². The smallest absolute Gasteiger partial charge is 0.160 e. The minimum absolute atomic E-state index is 0.161. The van der Waals surface area contributed by atoms with E-state index in [0.29, 0.717) is 18.2 Å². The molecule has 5 heteroatoms. The summed E-state index contributed by atoms with van der Waals surface area (Å²) in [6, 6.07) is 0. The molecular formula is C26H39N3O2. The summed E-state index contributed by atoms with van der Waals surface area (Å²) in [6.45, 7) is 4.89. The summed E-state index contributed by atoms with van der Waals surface area (Å²) in [5.74, 6) is 5.81. The number of hydrogen-bond donors (Lipinski definition) is 1. The number of nitrogens with zero attached hydrogens (tertiary/aromatic N) is 3. The van der Waals surface area contributed by atoms with Gasteiger partial charge in [0, 0.05) is 5.92 Å². The fraction of sp³-hybridized carbons (Fsp3) is 0.885. The van der Waals surface area contributed by atoms with E-state index in [-0.39, 0.29) is 11.3 Å². The van der Waals surface area contributed by atoms with Crippen LogP contribution in [0.3, 0.4) is 0 Å². The molecule has 0 aromatic carbocycles. The lowest BCUT2D eigenvalue weighted by Crippen LogP contribution is -2.52. The number of ketones is 1. The van der Waals surface area contributed by atoms with Gasteiger partial charge in [0.2, 0.25) is 0 Å². The second kappa shape index (κ2) is 7.13. The first-order chi connectivity index (χ1) is 14.9. The van der Waals surface area contributed by atoms with Crippen LogP contribution < -0.4 is 0 Å². The van der Waals surface area contributed by atoms with Crippen molar-refractivity contribution in [3.63, 3.8) is 0 Å². The van der Waals surface area contributed by atoms with E-state index in [9.17, 15) is 9.90 Å². The van der Waals surface area contributed by atoms with Gasteiger partial charge in [-0.25, -0.2) is 0 Å². The highest BCUT2D eigenvalue weighted by atomic mass is 16.3. The molecule has 1 N–H and O–H groups in total. The van der Waals surface area contributed by atoms with Crippen molar-refractivity contribution < 1.29 is 9.90 Å². The Morgan fingerprint density at radius 2 is 1.65 bits per heavy atom. The lowest BCUT2D eigenvalue weighted by atomic mass is 9.48. The average molecular weight is 426 g/mol. The molecule has 31 heavy (non-hydrogen) atoms. The van der Waals surface area contributed by atoms with Crippen molar-refractivity contribution in [2.24, 2.45) is 52.8 Å². The van der Waals surface area contributed by atoms with Crippen molar-refractivity contribution in [3.05, 3.63) is 12.4 Å². The van der Waals surface area contributed by atoms with E-state index in [0.717, 1.165) is 48.3 Å². The Bertz CT molecular complexity index is 836. The molecule has 10 atom stereocenters. The summed E-state index contributed by atoms with van der Waals surface area (Å²) < 4.78 is 0.